The van der Waals surface area contributed by atoms with Gasteiger partial charge in [0.1, 0.15) is 6.54 Å². The van der Waals surface area contributed by atoms with Crippen molar-refractivity contribution in [2.45, 2.75) is 19.9 Å². The van der Waals surface area contributed by atoms with Crippen LogP contribution in [0, 0.1) is 0 Å². The fraction of sp³-hybridized carbons (Fsp3) is 0.158. The van der Waals surface area contributed by atoms with E-state index in [2.05, 4.69) is 21.2 Å². The van der Waals surface area contributed by atoms with E-state index >= 15 is 0 Å². The monoisotopic (exact) mass is 384 g/mol. The van der Waals surface area contributed by atoms with Crippen molar-refractivity contribution in [3.63, 3.8) is 0 Å². The Morgan fingerprint density at radius 1 is 1.08 bits per heavy atom. The van der Waals surface area contributed by atoms with Gasteiger partial charge in [-0.2, -0.15) is 0 Å². The Kier molecular flexibility index (Phi) is 4.81. The van der Waals surface area contributed by atoms with Crippen LogP contribution in [-0.4, -0.2) is 16.3 Å². The Labute approximate surface area is 148 Å². The number of hydrogen-bond donors (Lipinski definition) is 1. The second-order valence-electron chi connectivity index (χ2n) is 5.52. The number of anilines is 1. The van der Waals surface area contributed by atoms with Crippen molar-refractivity contribution in [3.8, 4) is 0 Å². The van der Waals surface area contributed by atoms with E-state index in [1.807, 2.05) is 60.0 Å². The molecule has 0 saturated carbocycles. The van der Waals surface area contributed by atoms with Crippen molar-refractivity contribution in [1.29, 1.82) is 0 Å². The maximum absolute atomic E-state index is 12.3. The summed E-state index contributed by atoms with van der Waals surface area (Å²) in [5, 5.41) is 3.76. The van der Waals surface area contributed by atoms with E-state index in [1.54, 1.807) is 6.20 Å². The lowest BCUT2D eigenvalue weighted by molar-refractivity contribution is -0.116. The predicted molar refractivity (Wildman–Crippen MR) is 99.3 cm³/mol. The summed E-state index contributed by atoms with van der Waals surface area (Å²) in [4.78, 5) is 24.5. The zero-order chi connectivity index (χ0) is 17.1. The van der Waals surface area contributed by atoms with E-state index in [0.717, 1.165) is 21.1 Å². The predicted octanol–water partition coefficient (Wildman–Crippen LogP) is 4.64. The van der Waals surface area contributed by atoms with Crippen LogP contribution >= 0.6 is 15.9 Å². The lowest BCUT2D eigenvalue weighted by Gasteiger charge is -2.07. The van der Waals surface area contributed by atoms with Gasteiger partial charge in [0.2, 0.25) is 5.91 Å². The van der Waals surface area contributed by atoms with Crippen LogP contribution in [0.3, 0.4) is 0 Å². The fourth-order valence-corrected chi connectivity index (χ4v) is 2.94. The SMILES string of the molecule is CCC(=O)c1cn(CC(=O)Nc2ccc(Br)cc2)c2ccccc12. The van der Waals surface area contributed by atoms with Crippen LogP contribution in [0.2, 0.25) is 0 Å². The van der Waals surface area contributed by atoms with E-state index in [1.165, 1.54) is 0 Å². The number of aromatic nitrogens is 1. The number of hydrogen-bond acceptors (Lipinski definition) is 2. The average molecular weight is 385 g/mol. The van der Waals surface area contributed by atoms with Crippen LogP contribution in [0.15, 0.2) is 59.2 Å². The second-order valence-corrected chi connectivity index (χ2v) is 6.44. The molecule has 1 amide bonds. The van der Waals surface area contributed by atoms with Gasteiger partial charge in [-0.3, -0.25) is 9.59 Å². The van der Waals surface area contributed by atoms with Gasteiger partial charge in [-0.15, -0.1) is 0 Å². The van der Waals surface area contributed by atoms with Gasteiger partial charge >= 0.3 is 0 Å². The molecule has 0 fully saturated rings. The number of ketones is 1. The van der Waals surface area contributed by atoms with Crippen LogP contribution in [0.25, 0.3) is 10.9 Å². The molecule has 0 aliphatic heterocycles. The fourth-order valence-electron chi connectivity index (χ4n) is 2.68. The van der Waals surface area contributed by atoms with Crippen LogP contribution in [0.1, 0.15) is 23.7 Å². The summed E-state index contributed by atoms with van der Waals surface area (Å²) >= 11 is 3.37. The Balaban J connectivity index is 1.85. The van der Waals surface area contributed by atoms with Gasteiger partial charge in [-0.05, 0) is 30.3 Å². The van der Waals surface area contributed by atoms with E-state index in [9.17, 15) is 9.59 Å². The normalized spacial score (nSPS) is 10.8. The first kappa shape index (κ1) is 16.5. The molecule has 1 aromatic heterocycles. The van der Waals surface area contributed by atoms with Gasteiger partial charge in [0, 0.05) is 39.2 Å². The lowest BCUT2D eigenvalue weighted by atomic mass is 10.1. The van der Waals surface area contributed by atoms with Crippen molar-refractivity contribution in [3.05, 3.63) is 64.8 Å². The molecule has 0 radical (unpaired) electrons. The quantitative estimate of drug-likeness (QED) is 0.651. The first-order chi connectivity index (χ1) is 11.6. The topological polar surface area (TPSA) is 51.1 Å². The third-order valence-corrected chi connectivity index (χ3v) is 4.38. The van der Waals surface area contributed by atoms with Gasteiger partial charge in [-0.25, -0.2) is 0 Å². The summed E-state index contributed by atoms with van der Waals surface area (Å²) in [5.74, 6) is -0.0492. The summed E-state index contributed by atoms with van der Waals surface area (Å²) in [5.41, 5.74) is 2.30. The molecule has 4 nitrogen and oxygen atoms in total. The number of para-hydroxylation sites is 1. The molecule has 0 atom stereocenters. The minimum Gasteiger partial charge on any atom is -0.337 e. The molecule has 24 heavy (non-hydrogen) atoms. The minimum atomic E-state index is -0.131. The van der Waals surface area contributed by atoms with Gasteiger partial charge in [0.25, 0.3) is 0 Å². The summed E-state index contributed by atoms with van der Waals surface area (Å²) in [7, 11) is 0. The van der Waals surface area contributed by atoms with Gasteiger partial charge in [0.15, 0.2) is 5.78 Å². The maximum Gasteiger partial charge on any atom is 0.244 e. The van der Waals surface area contributed by atoms with Gasteiger partial charge in [0.05, 0.1) is 0 Å². The van der Waals surface area contributed by atoms with Crippen molar-refractivity contribution >= 4 is 44.2 Å². The third-order valence-electron chi connectivity index (χ3n) is 3.85. The number of rotatable bonds is 5. The van der Waals surface area contributed by atoms with Gasteiger partial charge < -0.3 is 9.88 Å². The van der Waals surface area contributed by atoms with Crippen LogP contribution in [-0.2, 0) is 11.3 Å². The zero-order valence-electron chi connectivity index (χ0n) is 13.3. The van der Waals surface area contributed by atoms with Crippen LogP contribution in [0.5, 0.6) is 0 Å². The van der Waals surface area contributed by atoms with Crippen molar-refractivity contribution < 1.29 is 9.59 Å². The van der Waals surface area contributed by atoms with E-state index < -0.39 is 0 Å². The van der Waals surface area contributed by atoms with E-state index in [-0.39, 0.29) is 18.2 Å². The van der Waals surface area contributed by atoms with Crippen molar-refractivity contribution in [2.24, 2.45) is 0 Å². The first-order valence-corrected chi connectivity index (χ1v) is 8.54. The molecule has 0 aliphatic carbocycles. The number of carbonyl (C=O) groups is 2. The number of nitrogens with zero attached hydrogens (tertiary/aromatic N) is 1. The average Bonchev–Trinajstić information content (AvgIpc) is 2.95. The standard InChI is InChI=1S/C19H17BrN2O2/c1-2-18(23)16-11-22(17-6-4-3-5-15(16)17)12-19(24)21-14-9-7-13(20)8-10-14/h3-11H,2,12H2,1H3,(H,21,24). The van der Waals surface area contributed by atoms with E-state index in [4.69, 9.17) is 0 Å². The number of carbonyl (C=O) groups excluding carboxylic acids is 2. The van der Waals surface area contributed by atoms with Crippen LogP contribution < -0.4 is 5.32 Å². The Hall–Kier alpha value is -2.40. The summed E-state index contributed by atoms with van der Waals surface area (Å²) in [6.45, 7) is 2.00. The molecule has 0 aliphatic rings. The van der Waals surface area contributed by atoms with Gasteiger partial charge in [-0.1, -0.05) is 41.1 Å². The molecule has 0 bridgehead atoms. The second kappa shape index (κ2) is 7.01. The Morgan fingerprint density at radius 2 is 1.79 bits per heavy atom. The molecular formula is C19H17BrN2O2. The highest BCUT2D eigenvalue weighted by Gasteiger charge is 2.15. The number of halogens is 1. The molecule has 2 aromatic carbocycles. The Bertz CT molecular complexity index is 897. The molecular weight excluding hydrogens is 368 g/mol. The summed E-state index contributed by atoms with van der Waals surface area (Å²) in [6, 6.07) is 15.1. The molecule has 5 heteroatoms. The number of amides is 1. The molecule has 1 heterocycles. The number of nitrogens with one attached hydrogen (secondary N) is 1. The largest absolute Gasteiger partial charge is 0.337 e. The number of benzene rings is 2. The number of fused-ring (bicyclic) bond motifs is 1. The third kappa shape index (κ3) is 3.41. The molecule has 3 aromatic rings. The lowest BCUT2D eigenvalue weighted by Crippen LogP contribution is -2.18. The molecule has 0 spiro atoms. The highest BCUT2D eigenvalue weighted by molar-refractivity contribution is 9.10. The number of Topliss-reactive ketones (excluding diaryl/α,β-unsaturated/α-hetero) is 1. The van der Waals surface area contributed by atoms with Crippen molar-refractivity contribution in [2.75, 3.05) is 5.32 Å². The molecule has 0 unspecified atom stereocenters. The summed E-state index contributed by atoms with van der Waals surface area (Å²) in [6.07, 6.45) is 2.22. The molecule has 122 valence electrons. The van der Waals surface area contributed by atoms with Crippen molar-refractivity contribution in [1.82, 2.24) is 4.57 Å². The minimum absolute atomic E-state index is 0.0817. The smallest absolute Gasteiger partial charge is 0.244 e. The van der Waals surface area contributed by atoms with E-state index in [0.29, 0.717) is 12.0 Å². The summed E-state index contributed by atoms with van der Waals surface area (Å²) < 4.78 is 2.78. The highest BCUT2D eigenvalue weighted by Crippen LogP contribution is 2.23. The Morgan fingerprint density at radius 3 is 2.50 bits per heavy atom. The molecule has 3 rings (SSSR count). The molecule has 1 N–H and O–H groups in total. The maximum atomic E-state index is 12.3. The zero-order valence-corrected chi connectivity index (χ0v) is 14.8. The first-order valence-electron chi connectivity index (χ1n) is 7.75. The van der Waals surface area contributed by atoms with Crippen LogP contribution in [0.4, 0.5) is 5.69 Å². The molecule has 0 saturated heterocycles. The highest BCUT2D eigenvalue weighted by atomic mass is 79.9.